The van der Waals surface area contributed by atoms with E-state index in [2.05, 4.69) is 5.32 Å². The van der Waals surface area contributed by atoms with Crippen LogP contribution in [-0.4, -0.2) is 19.4 Å². The molecule has 0 bridgehead atoms. The predicted molar refractivity (Wildman–Crippen MR) is 54.7 cm³/mol. The number of carbonyl (C=O) groups excluding carboxylic acids is 1. The first-order valence-corrected chi connectivity index (χ1v) is 4.64. The maximum absolute atomic E-state index is 13.0. The van der Waals surface area contributed by atoms with Crippen LogP contribution < -0.4 is 5.32 Å². The number of likely N-dealkylation sites (N-methyl/N-ethyl adjacent to an activating group) is 1. The van der Waals surface area contributed by atoms with Crippen LogP contribution in [0.2, 0.25) is 10.0 Å². The highest BCUT2D eigenvalue weighted by molar-refractivity contribution is 6.35. The number of hydrogen-bond donors (Lipinski definition) is 1. The zero-order chi connectivity index (χ0) is 10.7. The van der Waals surface area contributed by atoms with Crippen LogP contribution in [0.3, 0.4) is 0 Å². The molecule has 0 heterocycles. The zero-order valence-electron chi connectivity index (χ0n) is 7.40. The fourth-order valence-corrected chi connectivity index (χ4v) is 1.47. The second kappa shape index (κ2) is 4.73. The number of carbonyl (C=O) groups is 1. The summed E-state index contributed by atoms with van der Waals surface area (Å²) in [5.41, 5.74) is 0.302. The molecule has 0 aliphatic heterocycles. The number of ketones is 1. The van der Waals surface area contributed by atoms with Gasteiger partial charge in [0.15, 0.2) is 11.6 Å². The normalized spacial score (nSPS) is 10.3. The largest absolute Gasteiger partial charge is 0.313 e. The standard InChI is InChI=1S/C9H8Cl2FNO/c1-13-4-8(14)5-2-6(10)9(12)7(11)3-5/h2-3,13H,4H2,1H3. The summed E-state index contributed by atoms with van der Waals surface area (Å²) < 4.78 is 13.0. The summed E-state index contributed by atoms with van der Waals surface area (Å²) >= 11 is 11.1. The molecular formula is C9H8Cl2FNO. The average molecular weight is 236 g/mol. The number of rotatable bonds is 3. The SMILES string of the molecule is CNCC(=O)c1cc(Cl)c(F)c(Cl)c1. The van der Waals surface area contributed by atoms with E-state index in [1.54, 1.807) is 7.05 Å². The molecule has 1 rings (SSSR count). The van der Waals surface area contributed by atoms with Gasteiger partial charge >= 0.3 is 0 Å². The Labute approximate surface area is 91.0 Å². The fourth-order valence-electron chi connectivity index (χ4n) is 0.979. The van der Waals surface area contributed by atoms with Crippen LogP contribution in [0.5, 0.6) is 0 Å². The Hall–Kier alpha value is -0.640. The molecule has 14 heavy (non-hydrogen) atoms. The van der Waals surface area contributed by atoms with Gasteiger partial charge in [-0.1, -0.05) is 23.2 Å². The van der Waals surface area contributed by atoms with Gasteiger partial charge in [-0.25, -0.2) is 4.39 Å². The predicted octanol–water partition coefficient (Wildman–Crippen LogP) is 2.53. The third-order valence-corrected chi connectivity index (χ3v) is 2.19. The second-order valence-corrected chi connectivity index (χ2v) is 3.52. The summed E-state index contributed by atoms with van der Waals surface area (Å²) in [7, 11) is 1.64. The quantitative estimate of drug-likeness (QED) is 0.645. The number of halogens is 3. The van der Waals surface area contributed by atoms with Gasteiger partial charge in [-0.3, -0.25) is 4.79 Å². The van der Waals surface area contributed by atoms with Crippen molar-refractivity contribution in [3.05, 3.63) is 33.6 Å². The Balaban J connectivity index is 3.06. The van der Waals surface area contributed by atoms with Crippen molar-refractivity contribution in [1.29, 1.82) is 0 Å². The van der Waals surface area contributed by atoms with E-state index in [0.717, 1.165) is 0 Å². The molecule has 1 N–H and O–H groups in total. The maximum atomic E-state index is 13.0. The number of hydrogen-bond acceptors (Lipinski definition) is 2. The van der Waals surface area contributed by atoms with Crippen molar-refractivity contribution >= 4 is 29.0 Å². The van der Waals surface area contributed by atoms with Crippen molar-refractivity contribution in [2.24, 2.45) is 0 Å². The fraction of sp³-hybridized carbons (Fsp3) is 0.222. The van der Waals surface area contributed by atoms with Crippen LogP contribution in [0, 0.1) is 5.82 Å². The molecule has 0 spiro atoms. The highest BCUT2D eigenvalue weighted by Crippen LogP contribution is 2.24. The van der Waals surface area contributed by atoms with E-state index >= 15 is 0 Å². The Bertz CT molecular complexity index is 345. The minimum atomic E-state index is -0.700. The molecule has 0 fully saturated rings. The summed E-state index contributed by atoms with van der Waals surface area (Å²) in [4.78, 5) is 11.4. The molecule has 0 aromatic heterocycles. The van der Waals surface area contributed by atoms with Crippen molar-refractivity contribution in [1.82, 2.24) is 5.32 Å². The van der Waals surface area contributed by atoms with E-state index in [1.165, 1.54) is 12.1 Å². The van der Waals surface area contributed by atoms with Gasteiger partial charge in [0.25, 0.3) is 0 Å². The third kappa shape index (κ3) is 2.44. The van der Waals surface area contributed by atoms with Crippen LogP contribution in [-0.2, 0) is 0 Å². The topological polar surface area (TPSA) is 29.1 Å². The monoisotopic (exact) mass is 235 g/mol. The van der Waals surface area contributed by atoms with E-state index in [9.17, 15) is 9.18 Å². The van der Waals surface area contributed by atoms with Crippen LogP contribution >= 0.6 is 23.2 Å². The Morgan fingerprint density at radius 1 is 1.43 bits per heavy atom. The van der Waals surface area contributed by atoms with Gasteiger partial charge in [0.1, 0.15) is 0 Å². The van der Waals surface area contributed by atoms with E-state index < -0.39 is 5.82 Å². The first-order chi connectivity index (χ1) is 6.56. The molecule has 0 unspecified atom stereocenters. The molecule has 0 atom stereocenters. The molecule has 0 aliphatic rings. The van der Waals surface area contributed by atoms with Crippen molar-refractivity contribution in [3.63, 3.8) is 0 Å². The maximum Gasteiger partial charge on any atom is 0.176 e. The van der Waals surface area contributed by atoms with E-state index in [4.69, 9.17) is 23.2 Å². The molecule has 2 nitrogen and oxygen atoms in total. The lowest BCUT2D eigenvalue weighted by molar-refractivity contribution is 0.0993. The van der Waals surface area contributed by atoms with Gasteiger partial charge < -0.3 is 5.32 Å². The Morgan fingerprint density at radius 2 is 1.93 bits per heavy atom. The van der Waals surface area contributed by atoms with Crippen LogP contribution in [0.4, 0.5) is 4.39 Å². The molecule has 0 aliphatic carbocycles. The first-order valence-electron chi connectivity index (χ1n) is 3.88. The van der Waals surface area contributed by atoms with Crippen molar-refractivity contribution in [3.8, 4) is 0 Å². The summed E-state index contributed by atoms with van der Waals surface area (Å²) in [6.45, 7) is 0.165. The second-order valence-electron chi connectivity index (χ2n) is 2.71. The van der Waals surface area contributed by atoms with Gasteiger partial charge in [-0.05, 0) is 19.2 Å². The summed E-state index contributed by atoms with van der Waals surface area (Å²) in [5.74, 6) is -0.884. The van der Waals surface area contributed by atoms with E-state index in [0.29, 0.717) is 5.56 Å². The zero-order valence-corrected chi connectivity index (χ0v) is 8.92. The van der Waals surface area contributed by atoms with Gasteiger partial charge in [0, 0.05) is 5.56 Å². The van der Waals surface area contributed by atoms with Crippen molar-refractivity contribution in [2.45, 2.75) is 0 Å². The minimum Gasteiger partial charge on any atom is -0.313 e. The first kappa shape index (κ1) is 11.4. The van der Waals surface area contributed by atoms with Crippen molar-refractivity contribution < 1.29 is 9.18 Å². The number of nitrogens with one attached hydrogen (secondary N) is 1. The Morgan fingerprint density at radius 3 is 2.36 bits per heavy atom. The van der Waals surface area contributed by atoms with Gasteiger partial charge in [0.2, 0.25) is 0 Å². The van der Waals surface area contributed by atoms with Gasteiger partial charge in [0.05, 0.1) is 16.6 Å². The molecule has 0 saturated heterocycles. The molecule has 0 amide bonds. The Kier molecular flexibility index (Phi) is 3.86. The van der Waals surface area contributed by atoms with E-state index in [-0.39, 0.29) is 22.4 Å². The van der Waals surface area contributed by atoms with Gasteiger partial charge in [-0.15, -0.1) is 0 Å². The molecule has 0 radical (unpaired) electrons. The van der Waals surface area contributed by atoms with Crippen LogP contribution in [0.15, 0.2) is 12.1 Å². The smallest absolute Gasteiger partial charge is 0.176 e. The molecule has 76 valence electrons. The lowest BCUT2D eigenvalue weighted by Gasteiger charge is -2.03. The molecule has 1 aromatic carbocycles. The lowest BCUT2D eigenvalue weighted by Crippen LogP contribution is -2.18. The highest BCUT2D eigenvalue weighted by Gasteiger charge is 2.11. The highest BCUT2D eigenvalue weighted by atomic mass is 35.5. The van der Waals surface area contributed by atoms with Crippen LogP contribution in [0.1, 0.15) is 10.4 Å². The molecular weight excluding hydrogens is 228 g/mol. The van der Waals surface area contributed by atoms with Gasteiger partial charge in [-0.2, -0.15) is 0 Å². The molecule has 5 heteroatoms. The molecule has 0 saturated carbocycles. The van der Waals surface area contributed by atoms with Crippen LogP contribution in [0.25, 0.3) is 0 Å². The minimum absolute atomic E-state index is 0.142. The average Bonchev–Trinajstić information content (AvgIpc) is 2.13. The summed E-state index contributed by atoms with van der Waals surface area (Å²) in [6.07, 6.45) is 0. The molecule has 1 aromatic rings. The summed E-state index contributed by atoms with van der Waals surface area (Å²) in [6, 6.07) is 2.53. The number of benzene rings is 1. The summed E-state index contributed by atoms with van der Waals surface area (Å²) in [5, 5.41) is 2.41. The number of Topliss-reactive ketones (excluding diaryl/α,β-unsaturated/α-hetero) is 1. The third-order valence-electron chi connectivity index (χ3n) is 1.64. The van der Waals surface area contributed by atoms with E-state index in [1.807, 2.05) is 0 Å². The lowest BCUT2D eigenvalue weighted by atomic mass is 10.1. The van der Waals surface area contributed by atoms with Crippen molar-refractivity contribution in [2.75, 3.05) is 13.6 Å².